The Labute approximate surface area is 48.4 Å². The molecule has 0 N–H and O–H groups in total. The molecule has 0 amide bonds. The van der Waals surface area contributed by atoms with Gasteiger partial charge in [0.15, 0.2) is 6.61 Å². The number of carbonyl (C=O) groups excluding carboxylic acids is 2. The maximum absolute atomic E-state index is 10.0. The van der Waals surface area contributed by atoms with Crippen LogP contribution in [0.4, 0.5) is 0 Å². The first-order chi connectivity index (χ1) is 3.81. The molecule has 0 fully saturated rings. The number of rotatable bonds is 3. The van der Waals surface area contributed by atoms with Crippen LogP contribution in [0.1, 0.15) is 0 Å². The summed E-state index contributed by atoms with van der Waals surface area (Å²) >= 11 is 0. The summed E-state index contributed by atoms with van der Waals surface area (Å²) in [5.41, 5.74) is 0. The van der Waals surface area contributed by atoms with Crippen molar-refractivity contribution in [2.75, 3.05) is 6.61 Å². The van der Waals surface area contributed by atoms with E-state index in [1.165, 1.54) is 0 Å². The van der Waals surface area contributed by atoms with Crippen molar-refractivity contribution in [3.8, 4) is 0 Å². The fourth-order valence-corrected chi connectivity index (χ4v) is 0.204. The smallest absolute Gasteiger partial charge is 0.346 e. The fourth-order valence-electron chi connectivity index (χ4n) is 0.136. The van der Waals surface area contributed by atoms with Crippen molar-refractivity contribution >= 4 is 21.9 Å². The van der Waals surface area contributed by atoms with E-state index < -0.39 is 5.97 Å². The van der Waals surface area contributed by atoms with E-state index in [2.05, 4.69) is 9.26 Å². The zero-order valence-corrected chi connectivity index (χ0v) is 5.15. The molecule has 5 heteroatoms. The number of carbonyl (C=O) groups is 2. The van der Waals surface area contributed by atoms with E-state index >= 15 is 0 Å². The topological polar surface area (TPSA) is 52.6 Å². The lowest BCUT2D eigenvalue weighted by molar-refractivity contribution is -0.144. The molecule has 0 aliphatic heterocycles. The molecule has 0 aliphatic carbocycles. The molecule has 0 rings (SSSR count). The van der Waals surface area contributed by atoms with Gasteiger partial charge in [-0.05, 0) is 0 Å². The van der Waals surface area contributed by atoms with E-state index in [0.29, 0.717) is 0 Å². The van der Waals surface area contributed by atoms with Crippen molar-refractivity contribution in [1.29, 1.82) is 0 Å². The van der Waals surface area contributed by atoms with Gasteiger partial charge in [-0.1, -0.05) is 0 Å². The summed E-state index contributed by atoms with van der Waals surface area (Å²) in [5.74, 6) is -0.595. The number of ether oxygens (including phenoxy) is 1. The molecule has 0 heterocycles. The summed E-state index contributed by atoms with van der Waals surface area (Å²) < 4.78 is 8.06. The average Bonchev–Trinajstić information content (AvgIpc) is 1.83. The Hall–Kier alpha value is -0.630. The molecule has 0 saturated heterocycles. The second-order valence-electron chi connectivity index (χ2n) is 0.897. The summed E-state index contributed by atoms with van der Waals surface area (Å²) in [5, 5.41) is 0. The van der Waals surface area contributed by atoms with E-state index in [9.17, 15) is 9.59 Å². The highest BCUT2D eigenvalue weighted by atomic mass is 31.0. The third-order valence-corrected chi connectivity index (χ3v) is 0.664. The minimum absolute atomic E-state index is 0.182. The highest BCUT2D eigenvalue weighted by molar-refractivity contribution is 7.10. The summed E-state index contributed by atoms with van der Waals surface area (Å²) in [7, 11) is 1.74. The highest BCUT2D eigenvalue weighted by Crippen LogP contribution is 1.85. The zero-order chi connectivity index (χ0) is 6.41. The first kappa shape index (κ1) is 7.37. The second-order valence-corrected chi connectivity index (χ2v) is 1.13. The van der Waals surface area contributed by atoms with Gasteiger partial charge in [-0.25, -0.2) is 4.79 Å². The minimum atomic E-state index is -0.595. The number of hydrogen-bond donors (Lipinski definition) is 0. The minimum Gasteiger partial charge on any atom is -0.456 e. The van der Waals surface area contributed by atoms with E-state index in [-0.39, 0.29) is 13.1 Å². The van der Waals surface area contributed by atoms with Crippen LogP contribution in [0.15, 0.2) is 0 Å². The van der Waals surface area contributed by atoms with Gasteiger partial charge < -0.3 is 9.26 Å². The van der Waals surface area contributed by atoms with E-state index in [1.54, 1.807) is 9.47 Å². The van der Waals surface area contributed by atoms with E-state index in [4.69, 9.17) is 0 Å². The van der Waals surface area contributed by atoms with Crippen LogP contribution in [-0.2, 0) is 18.8 Å². The maximum Gasteiger partial charge on any atom is 0.346 e. The molecule has 8 heavy (non-hydrogen) atoms. The van der Waals surface area contributed by atoms with Gasteiger partial charge >= 0.3 is 5.97 Å². The molecule has 46 valence electrons. The molecule has 0 spiro atoms. The SMILES string of the molecule is O=COCC(=O)OP. The summed E-state index contributed by atoms with van der Waals surface area (Å²) in [6.07, 6.45) is 0. The summed E-state index contributed by atoms with van der Waals surface area (Å²) in [6, 6.07) is 0. The predicted molar refractivity (Wildman–Crippen MR) is 27.8 cm³/mol. The van der Waals surface area contributed by atoms with Crippen LogP contribution in [0.25, 0.3) is 0 Å². The maximum atomic E-state index is 10.0. The fraction of sp³-hybridized carbons (Fsp3) is 0.333. The van der Waals surface area contributed by atoms with Crippen molar-refractivity contribution < 1.29 is 18.8 Å². The van der Waals surface area contributed by atoms with Crippen molar-refractivity contribution in [2.24, 2.45) is 0 Å². The van der Waals surface area contributed by atoms with Crippen LogP contribution in [0.2, 0.25) is 0 Å². The molecule has 0 aromatic rings. The van der Waals surface area contributed by atoms with Crippen LogP contribution in [0.5, 0.6) is 0 Å². The Kier molecular flexibility index (Phi) is 4.17. The van der Waals surface area contributed by atoms with Gasteiger partial charge in [-0.15, -0.1) is 0 Å². The Bertz CT molecular complexity index is 91.3. The van der Waals surface area contributed by atoms with Crippen molar-refractivity contribution in [1.82, 2.24) is 0 Å². The van der Waals surface area contributed by atoms with Crippen LogP contribution in [0.3, 0.4) is 0 Å². The molecule has 0 aromatic carbocycles. The Morgan fingerprint density at radius 1 is 1.75 bits per heavy atom. The van der Waals surface area contributed by atoms with Crippen molar-refractivity contribution in [3.05, 3.63) is 0 Å². The Balaban J connectivity index is 3.11. The lowest BCUT2D eigenvalue weighted by Crippen LogP contribution is -2.06. The Morgan fingerprint density at radius 3 is 2.75 bits per heavy atom. The van der Waals surface area contributed by atoms with Crippen LogP contribution in [-0.4, -0.2) is 19.0 Å². The monoisotopic (exact) mass is 136 g/mol. The first-order valence-corrected chi connectivity index (χ1v) is 2.23. The molecule has 0 aliphatic rings. The van der Waals surface area contributed by atoms with Gasteiger partial charge in [0.25, 0.3) is 6.47 Å². The molecular formula is C3H5O4P. The predicted octanol–water partition coefficient (Wildman–Crippen LogP) is -0.507. The molecule has 0 aromatic heterocycles. The molecule has 0 radical (unpaired) electrons. The quantitative estimate of drug-likeness (QED) is 0.387. The van der Waals surface area contributed by atoms with Crippen molar-refractivity contribution in [3.63, 3.8) is 0 Å². The van der Waals surface area contributed by atoms with Crippen molar-refractivity contribution in [2.45, 2.75) is 0 Å². The van der Waals surface area contributed by atoms with Crippen LogP contribution < -0.4 is 0 Å². The van der Waals surface area contributed by atoms with Gasteiger partial charge in [0, 0.05) is 0 Å². The number of hydrogen-bond acceptors (Lipinski definition) is 4. The molecule has 0 saturated carbocycles. The summed E-state index contributed by atoms with van der Waals surface area (Å²) in [4.78, 5) is 19.4. The standard InChI is InChI=1S/C3H5O4P/c4-2-6-1-3(5)7-8/h2H,1,8H2. The molecule has 1 unspecified atom stereocenters. The van der Waals surface area contributed by atoms with Crippen LogP contribution in [0, 0.1) is 0 Å². The Morgan fingerprint density at radius 2 is 2.38 bits per heavy atom. The molecule has 1 atom stereocenters. The van der Waals surface area contributed by atoms with Gasteiger partial charge in [0.05, 0.1) is 9.47 Å². The third kappa shape index (κ3) is 3.56. The molecular weight excluding hydrogens is 131 g/mol. The van der Waals surface area contributed by atoms with Gasteiger partial charge in [-0.2, -0.15) is 0 Å². The van der Waals surface area contributed by atoms with Gasteiger partial charge in [0.1, 0.15) is 0 Å². The largest absolute Gasteiger partial charge is 0.456 e. The van der Waals surface area contributed by atoms with E-state index in [1.807, 2.05) is 0 Å². The van der Waals surface area contributed by atoms with Gasteiger partial charge in [0.2, 0.25) is 0 Å². The zero-order valence-electron chi connectivity index (χ0n) is 3.99. The highest BCUT2D eigenvalue weighted by Gasteiger charge is 1.96. The van der Waals surface area contributed by atoms with Crippen LogP contribution >= 0.6 is 9.47 Å². The lowest BCUT2D eigenvalue weighted by atomic mass is 10.8. The molecule has 0 bridgehead atoms. The first-order valence-electron chi connectivity index (χ1n) is 1.76. The third-order valence-electron chi connectivity index (χ3n) is 0.401. The lowest BCUT2D eigenvalue weighted by Gasteiger charge is -1.92. The van der Waals surface area contributed by atoms with E-state index in [0.717, 1.165) is 0 Å². The van der Waals surface area contributed by atoms with Gasteiger partial charge in [-0.3, -0.25) is 4.79 Å². The normalized spacial score (nSPS) is 7.62. The average molecular weight is 136 g/mol. The second kappa shape index (κ2) is 4.53. The molecule has 4 nitrogen and oxygen atoms in total. The summed E-state index contributed by atoms with van der Waals surface area (Å²) in [6.45, 7) is -0.144.